The van der Waals surface area contributed by atoms with Gasteiger partial charge in [0.25, 0.3) is 0 Å². The van der Waals surface area contributed by atoms with Gasteiger partial charge in [-0.2, -0.15) is 0 Å². The lowest BCUT2D eigenvalue weighted by molar-refractivity contribution is 0.240. The Morgan fingerprint density at radius 3 is 2.65 bits per heavy atom. The maximum absolute atomic E-state index is 4.71. The van der Waals surface area contributed by atoms with Crippen molar-refractivity contribution >= 4 is 40.8 Å². The molecule has 2 rings (SSSR count). The zero-order chi connectivity index (χ0) is 18.1. The van der Waals surface area contributed by atoms with Crippen LogP contribution in [0.1, 0.15) is 33.3 Å². The van der Waals surface area contributed by atoms with Crippen molar-refractivity contribution in [3.63, 3.8) is 0 Å². The molecule has 26 heavy (non-hydrogen) atoms. The lowest BCUT2D eigenvalue weighted by Gasteiger charge is -2.23. The van der Waals surface area contributed by atoms with E-state index in [1.54, 1.807) is 0 Å². The predicted octanol–water partition coefficient (Wildman–Crippen LogP) is 3.61. The zero-order valence-corrected chi connectivity index (χ0v) is 18.8. The van der Waals surface area contributed by atoms with Crippen LogP contribution in [0.2, 0.25) is 0 Å². The molecular formula is C20H34IN5. The Balaban J connectivity index is 0.00000338. The molecule has 0 aliphatic carbocycles. The molecule has 0 aliphatic heterocycles. The average Bonchev–Trinajstić information content (AvgIpc) is 3.01. The first kappa shape index (κ1) is 22.8. The molecule has 5 nitrogen and oxygen atoms in total. The van der Waals surface area contributed by atoms with E-state index >= 15 is 0 Å². The van der Waals surface area contributed by atoms with Crippen LogP contribution in [-0.4, -0.2) is 54.6 Å². The highest BCUT2D eigenvalue weighted by Gasteiger charge is 2.06. The van der Waals surface area contributed by atoms with E-state index in [4.69, 9.17) is 4.99 Å². The van der Waals surface area contributed by atoms with Crippen LogP contribution in [0, 0.1) is 0 Å². The first-order chi connectivity index (χ1) is 12.2. The highest BCUT2D eigenvalue weighted by Crippen LogP contribution is 2.17. The topological polar surface area (TPSA) is 55.5 Å². The third kappa shape index (κ3) is 6.79. The standard InChI is InChI=1S/C20H33N5.HI/c1-5-21-20(23-13-14-25(6-2)16(3)4)22-12-11-17-15-24-19-10-8-7-9-18(17)19;/h7-10,15-16,24H,5-6,11-14H2,1-4H3,(H2,21,22,23);1H. The van der Waals surface area contributed by atoms with E-state index in [1.165, 1.54) is 16.5 Å². The van der Waals surface area contributed by atoms with Gasteiger partial charge in [-0.15, -0.1) is 24.0 Å². The van der Waals surface area contributed by atoms with E-state index in [0.717, 1.165) is 45.1 Å². The van der Waals surface area contributed by atoms with Crippen LogP contribution in [0.4, 0.5) is 0 Å². The summed E-state index contributed by atoms with van der Waals surface area (Å²) in [6.45, 7) is 13.4. The molecule has 146 valence electrons. The zero-order valence-electron chi connectivity index (χ0n) is 16.5. The van der Waals surface area contributed by atoms with Crippen molar-refractivity contribution in [3.05, 3.63) is 36.0 Å². The van der Waals surface area contributed by atoms with Gasteiger partial charge in [0.15, 0.2) is 5.96 Å². The Kier molecular flexibility index (Phi) is 10.7. The van der Waals surface area contributed by atoms with E-state index in [2.05, 4.69) is 78.7 Å². The average molecular weight is 471 g/mol. The van der Waals surface area contributed by atoms with Crippen molar-refractivity contribution in [1.29, 1.82) is 0 Å². The van der Waals surface area contributed by atoms with Crippen LogP contribution >= 0.6 is 24.0 Å². The summed E-state index contributed by atoms with van der Waals surface area (Å²) in [6, 6.07) is 9.01. The SMILES string of the molecule is CCNC(=NCCN(CC)C(C)C)NCCc1c[nH]c2ccccc12.I. The number of rotatable bonds is 9. The molecule has 1 aromatic heterocycles. The highest BCUT2D eigenvalue weighted by molar-refractivity contribution is 14.0. The molecule has 3 N–H and O–H groups in total. The number of nitrogens with one attached hydrogen (secondary N) is 3. The normalized spacial score (nSPS) is 11.8. The second-order valence-corrected chi connectivity index (χ2v) is 6.52. The second kappa shape index (κ2) is 12.2. The second-order valence-electron chi connectivity index (χ2n) is 6.52. The number of aromatic nitrogens is 1. The summed E-state index contributed by atoms with van der Waals surface area (Å²) in [5.41, 5.74) is 2.54. The number of hydrogen-bond acceptors (Lipinski definition) is 2. The van der Waals surface area contributed by atoms with Crippen LogP contribution < -0.4 is 10.6 Å². The maximum Gasteiger partial charge on any atom is 0.191 e. The predicted molar refractivity (Wildman–Crippen MR) is 124 cm³/mol. The van der Waals surface area contributed by atoms with E-state index in [0.29, 0.717) is 6.04 Å². The molecule has 0 amide bonds. The van der Waals surface area contributed by atoms with Crippen LogP contribution in [0.25, 0.3) is 10.9 Å². The number of nitrogens with zero attached hydrogens (tertiary/aromatic N) is 2. The molecule has 0 bridgehead atoms. The minimum Gasteiger partial charge on any atom is -0.361 e. The molecule has 0 spiro atoms. The smallest absolute Gasteiger partial charge is 0.191 e. The van der Waals surface area contributed by atoms with E-state index in [1.807, 2.05) is 0 Å². The summed E-state index contributed by atoms with van der Waals surface area (Å²) in [5.74, 6) is 0.905. The van der Waals surface area contributed by atoms with Crippen LogP contribution in [0.5, 0.6) is 0 Å². The van der Waals surface area contributed by atoms with E-state index in [-0.39, 0.29) is 24.0 Å². The first-order valence-electron chi connectivity index (χ1n) is 9.46. The van der Waals surface area contributed by atoms with E-state index < -0.39 is 0 Å². The van der Waals surface area contributed by atoms with Crippen molar-refractivity contribution in [2.75, 3.05) is 32.7 Å². The lowest BCUT2D eigenvalue weighted by atomic mass is 10.1. The summed E-state index contributed by atoms with van der Waals surface area (Å²) < 4.78 is 0. The molecule has 1 heterocycles. The van der Waals surface area contributed by atoms with Gasteiger partial charge in [-0.1, -0.05) is 25.1 Å². The molecule has 0 aliphatic rings. The maximum atomic E-state index is 4.71. The van der Waals surface area contributed by atoms with Crippen LogP contribution in [-0.2, 0) is 6.42 Å². The molecule has 0 fully saturated rings. The number of fused-ring (bicyclic) bond motifs is 1. The summed E-state index contributed by atoms with van der Waals surface area (Å²) in [5, 5.41) is 8.09. The Bertz CT molecular complexity index is 665. The first-order valence-corrected chi connectivity index (χ1v) is 9.46. The number of hydrogen-bond donors (Lipinski definition) is 3. The molecule has 0 radical (unpaired) electrons. The fourth-order valence-electron chi connectivity index (χ4n) is 3.07. The minimum atomic E-state index is 0. The van der Waals surface area contributed by atoms with Crippen molar-refractivity contribution in [1.82, 2.24) is 20.5 Å². The molecule has 1 aromatic carbocycles. The third-order valence-electron chi connectivity index (χ3n) is 4.50. The number of likely N-dealkylation sites (N-methyl/N-ethyl adjacent to an activating group) is 1. The van der Waals surface area contributed by atoms with Gasteiger partial charge >= 0.3 is 0 Å². The van der Waals surface area contributed by atoms with Gasteiger partial charge in [-0.05, 0) is 45.4 Å². The van der Waals surface area contributed by atoms with Crippen LogP contribution in [0.15, 0.2) is 35.5 Å². The van der Waals surface area contributed by atoms with Gasteiger partial charge in [-0.3, -0.25) is 9.89 Å². The fraction of sp³-hybridized carbons (Fsp3) is 0.550. The number of benzene rings is 1. The molecule has 0 saturated carbocycles. The molecule has 0 saturated heterocycles. The van der Waals surface area contributed by atoms with Crippen molar-refractivity contribution in [2.45, 2.75) is 40.2 Å². The van der Waals surface area contributed by atoms with Gasteiger partial charge < -0.3 is 15.6 Å². The molecular weight excluding hydrogens is 437 g/mol. The van der Waals surface area contributed by atoms with Crippen LogP contribution in [0.3, 0.4) is 0 Å². The number of guanidine groups is 1. The lowest BCUT2D eigenvalue weighted by Crippen LogP contribution is -2.39. The van der Waals surface area contributed by atoms with Crippen molar-refractivity contribution in [2.24, 2.45) is 4.99 Å². The van der Waals surface area contributed by atoms with Gasteiger partial charge in [-0.25, -0.2) is 0 Å². The molecule has 6 heteroatoms. The largest absolute Gasteiger partial charge is 0.361 e. The highest BCUT2D eigenvalue weighted by atomic mass is 127. The van der Waals surface area contributed by atoms with E-state index in [9.17, 15) is 0 Å². The van der Waals surface area contributed by atoms with Gasteiger partial charge in [0.1, 0.15) is 0 Å². The Labute approximate surface area is 175 Å². The number of H-pyrrole nitrogens is 1. The molecule has 2 aromatic rings. The van der Waals surface area contributed by atoms with Gasteiger partial charge in [0.2, 0.25) is 0 Å². The summed E-state index contributed by atoms with van der Waals surface area (Å²) >= 11 is 0. The number of aliphatic imine (C=N–C) groups is 1. The van der Waals surface area contributed by atoms with Crippen molar-refractivity contribution in [3.8, 4) is 0 Å². The number of para-hydroxylation sites is 1. The summed E-state index contributed by atoms with van der Waals surface area (Å²) in [4.78, 5) is 10.5. The van der Waals surface area contributed by atoms with Gasteiger partial charge in [0, 0.05) is 42.8 Å². The number of halogens is 1. The third-order valence-corrected chi connectivity index (χ3v) is 4.50. The molecule has 0 unspecified atom stereocenters. The van der Waals surface area contributed by atoms with Gasteiger partial charge in [0.05, 0.1) is 6.54 Å². The monoisotopic (exact) mass is 471 g/mol. The Hall–Kier alpha value is -1.28. The summed E-state index contributed by atoms with van der Waals surface area (Å²) in [7, 11) is 0. The summed E-state index contributed by atoms with van der Waals surface area (Å²) in [6.07, 6.45) is 3.08. The number of aromatic amines is 1. The molecule has 0 atom stereocenters. The fourth-order valence-corrected chi connectivity index (χ4v) is 3.07. The van der Waals surface area contributed by atoms with Crippen molar-refractivity contribution < 1.29 is 0 Å². The Morgan fingerprint density at radius 2 is 1.96 bits per heavy atom. The Morgan fingerprint density at radius 1 is 1.19 bits per heavy atom. The minimum absolute atomic E-state index is 0. The quantitative estimate of drug-likeness (QED) is 0.298.